The van der Waals surface area contributed by atoms with Crippen LogP contribution >= 0.6 is 9.90 Å². The average molecular weight is 114 g/mol. The first kappa shape index (κ1) is 29.2. The van der Waals surface area contributed by atoms with E-state index >= 15 is 0 Å². The molecule has 0 saturated heterocycles. The summed E-state index contributed by atoms with van der Waals surface area (Å²) in [5.74, 6) is 0. The largest absolute Gasteiger partial charge is 0.344 e. The van der Waals surface area contributed by atoms with Gasteiger partial charge in [-0.15, -0.1) is 0 Å². The van der Waals surface area contributed by atoms with Crippen molar-refractivity contribution in [3.63, 3.8) is 0 Å². The molecule has 1 nitrogen and oxygen atoms in total. The molecule has 1 atom stereocenters. The van der Waals surface area contributed by atoms with Crippen LogP contribution in [0.5, 0.6) is 0 Å². The number of hydrogen-bond acceptors (Lipinski definition) is 1. The third-order valence-electron chi connectivity index (χ3n) is 0. The fourth-order valence-electron chi connectivity index (χ4n) is 0. The molecule has 4 heteroatoms. The van der Waals surface area contributed by atoms with Gasteiger partial charge in [-0.05, 0) is 0 Å². The van der Waals surface area contributed by atoms with Crippen molar-refractivity contribution in [2.75, 3.05) is 0 Å². The summed E-state index contributed by atoms with van der Waals surface area (Å²) in [7, 11) is 0. The molecular weight excluding hydrogens is 108 g/mol. The third kappa shape index (κ3) is 8.84. The van der Waals surface area contributed by atoms with E-state index in [1.807, 2.05) is 0 Å². The minimum absolute atomic E-state index is 0. The van der Waals surface area contributed by atoms with Crippen LogP contribution in [0.3, 0.4) is 0 Å². The van der Waals surface area contributed by atoms with E-state index in [9.17, 15) is 0 Å². The minimum atomic E-state index is 0. The summed E-state index contributed by atoms with van der Waals surface area (Å²) in [6.45, 7) is 0. The van der Waals surface area contributed by atoms with Crippen molar-refractivity contribution in [3.8, 4) is 0 Å². The van der Waals surface area contributed by atoms with Crippen molar-refractivity contribution in [2.45, 2.75) is 0 Å². The third-order valence-corrected chi connectivity index (χ3v) is 0. The number of hydrogen-bond donors (Lipinski definition) is 1. The van der Waals surface area contributed by atoms with E-state index in [-0.39, 0.29) is 90.5 Å². The molecule has 0 spiro atoms. The standard InChI is InChI=1S/K.Mg.H3N.H3P/h;;2*1H3. The first-order chi connectivity index (χ1) is 0. The summed E-state index contributed by atoms with van der Waals surface area (Å²) in [6.07, 6.45) is 0. The van der Waals surface area contributed by atoms with Crippen LogP contribution in [0.2, 0.25) is 0 Å². The predicted octanol–water partition coefficient (Wildman–Crippen LogP) is -0.542. The van der Waals surface area contributed by atoms with Gasteiger partial charge in [-0.2, -0.15) is 9.90 Å². The van der Waals surface area contributed by atoms with E-state index in [2.05, 4.69) is 0 Å². The quantitative estimate of drug-likeness (QED) is 0.333. The Labute approximate surface area is 88.4 Å². The predicted molar refractivity (Wildman–Crippen MR) is 27.6 cm³/mol. The van der Waals surface area contributed by atoms with Crippen molar-refractivity contribution in [3.05, 3.63) is 0 Å². The first-order valence-electron chi connectivity index (χ1n) is 0. The van der Waals surface area contributed by atoms with E-state index in [1.54, 1.807) is 0 Å². The van der Waals surface area contributed by atoms with Crippen LogP contribution in [0.15, 0.2) is 0 Å². The zero-order valence-electron chi connectivity index (χ0n) is 3.12. The van der Waals surface area contributed by atoms with Gasteiger partial charge in [0, 0.05) is 74.4 Å². The van der Waals surface area contributed by atoms with Crippen LogP contribution in [0, 0.1) is 0 Å². The normalized spacial score (nSPS) is 0. The topological polar surface area (TPSA) is 35.0 Å². The van der Waals surface area contributed by atoms with Crippen LogP contribution in [-0.2, 0) is 0 Å². The molecular formula is H6KMgNP. The summed E-state index contributed by atoms with van der Waals surface area (Å²) in [5, 5.41) is 0. The van der Waals surface area contributed by atoms with Crippen molar-refractivity contribution < 1.29 is 0 Å². The van der Waals surface area contributed by atoms with Crippen molar-refractivity contribution in [1.82, 2.24) is 6.15 Å². The second-order valence-corrected chi connectivity index (χ2v) is 0. The van der Waals surface area contributed by atoms with Crippen molar-refractivity contribution in [1.29, 1.82) is 0 Å². The molecule has 0 aromatic heterocycles. The van der Waals surface area contributed by atoms with Gasteiger partial charge in [0.1, 0.15) is 0 Å². The van der Waals surface area contributed by atoms with Gasteiger partial charge in [0.05, 0.1) is 0 Å². The van der Waals surface area contributed by atoms with Crippen LogP contribution < -0.4 is 6.15 Å². The molecule has 0 saturated carbocycles. The first-order valence-corrected chi connectivity index (χ1v) is 0. The number of rotatable bonds is 0. The smallest absolute Gasteiger partial charge is 0 e. The second kappa shape index (κ2) is 17.1. The van der Waals surface area contributed by atoms with E-state index in [4.69, 9.17) is 0 Å². The Morgan fingerprint density at radius 3 is 1.00 bits per heavy atom. The molecule has 19 valence electrons. The van der Waals surface area contributed by atoms with E-state index < -0.39 is 0 Å². The maximum atomic E-state index is 0. The van der Waals surface area contributed by atoms with Crippen LogP contribution in [0.1, 0.15) is 0 Å². The molecule has 0 heterocycles. The summed E-state index contributed by atoms with van der Waals surface area (Å²) >= 11 is 0. The van der Waals surface area contributed by atoms with Gasteiger partial charge in [0.25, 0.3) is 0 Å². The Kier molecular flexibility index (Phi) is 125. The van der Waals surface area contributed by atoms with Gasteiger partial charge in [0.2, 0.25) is 0 Å². The van der Waals surface area contributed by atoms with E-state index in [1.165, 1.54) is 0 Å². The molecule has 0 rings (SSSR count). The van der Waals surface area contributed by atoms with Crippen molar-refractivity contribution >= 4 is 84.3 Å². The van der Waals surface area contributed by atoms with Gasteiger partial charge in [-0.25, -0.2) is 0 Å². The molecule has 1 unspecified atom stereocenters. The van der Waals surface area contributed by atoms with Gasteiger partial charge < -0.3 is 6.15 Å². The molecule has 3 N–H and O–H groups in total. The molecule has 0 fully saturated rings. The molecule has 0 bridgehead atoms. The zero-order valence-corrected chi connectivity index (χ0v) is 9.07. The molecule has 0 aliphatic carbocycles. The van der Waals surface area contributed by atoms with E-state index in [0.717, 1.165) is 0 Å². The van der Waals surface area contributed by atoms with Gasteiger partial charge in [0.15, 0.2) is 0 Å². The Bertz CT molecular complexity index is 8.00. The molecule has 0 aromatic rings. The molecule has 0 aliphatic rings. The zero-order chi connectivity index (χ0) is 0. The molecule has 0 amide bonds. The fourth-order valence-corrected chi connectivity index (χ4v) is 0. The van der Waals surface area contributed by atoms with Gasteiger partial charge in [-0.3, -0.25) is 0 Å². The monoisotopic (exact) mass is 114 g/mol. The van der Waals surface area contributed by atoms with Crippen molar-refractivity contribution in [2.24, 2.45) is 0 Å². The maximum Gasteiger partial charge on any atom is 0 e. The van der Waals surface area contributed by atoms with Crippen LogP contribution in [0.4, 0.5) is 0 Å². The summed E-state index contributed by atoms with van der Waals surface area (Å²) < 4.78 is 0. The van der Waals surface area contributed by atoms with Gasteiger partial charge >= 0.3 is 0 Å². The Morgan fingerprint density at radius 2 is 1.00 bits per heavy atom. The van der Waals surface area contributed by atoms with E-state index in [0.29, 0.717) is 0 Å². The Morgan fingerprint density at radius 1 is 1.00 bits per heavy atom. The maximum absolute atomic E-state index is 0. The molecule has 0 aromatic carbocycles. The Hall–Kier alpha value is 2.79. The summed E-state index contributed by atoms with van der Waals surface area (Å²) in [4.78, 5) is 0. The SMILES string of the molecule is N.P.[K].[Mg]. The molecule has 0 aliphatic heterocycles. The average Bonchev–Trinajstić information content (AvgIpc) is 0. The van der Waals surface area contributed by atoms with Crippen LogP contribution in [-0.4, -0.2) is 74.4 Å². The Balaban J connectivity index is 0. The van der Waals surface area contributed by atoms with Gasteiger partial charge in [-0.1, -0.05) is 0 Å². The fraction of sp³-hybridized carbons (Fsp3) is 0. The minimum Gasteiger partial charge on any atom is -0.344 e. The second-order valence-electron chi connectivity index (χ2n) is 0. The van der Waals surface area contributed by atoms with Crippen LogP contribution in [0.25, 0.3) is 0 Å². The summed E-state index contributed by atoms with van der Waals surface area (Å²) in [6, 6.07) is 0. The molecule has 4 heavy (non-hydrogen) atoms. The molecule has 3 radical (unpaired) electrons. The summed E-state index contributed by atoms with van der Waals surface area (Å²) in [5.41, 5.74) is 0.